The molecule has 0 aromatic heterocycles. The molecule has 1 nitrogen and oxygen atoms in total. The highest BCUT2D eigenvalue weighted by atomic mass is 79.9. The summed E-state index contributed by atoms with van der Waals surface area (Å²) >= 11 is 7.33. The maximum Gasteiger partial charge on any atom is 0.0885 e. The second kappa shape index (κ2) is 2.90. The van der Waals surface area contributed by atoms with E-state index < -0.39 is 6.10 Å². The smallest absolute Gasteiger partial charge is 0.0885 e. The molecule has 0 aliphatic heterocycles. The van der Waals surface area contributed by atoms with Crippen LogP contribution in [-0.2, 0) is 0 Å². The zero-order valence-corrected chi connectivity index (χ0v) is 7.14. The maximum atomic E-state index is 9.11. The van der Waals surface area contributed by atoms with Crippen LogP contribution in [0.5, 0.6) is 0 Å². The quantitative estimate of drug-likeness (QED) is 0.576. The molecule has 1 aliphatic rings. The van der Waals surface area contributed by atoms with Crippen LogP contribution in [0.4, 0.5) is 0 Å². The van der Waals surface area contributed by atoms with E-state index in [0.29, 0.717) is 0 Å². The van der Waals surface area contributed by atoms with Gasteiger partial charge in [0, 0.05) is 9.73 Å². The van der Waals surface area contributed by atoms with E-state index in [9.17, 15) is 0 Å². The summed E-state index contributed by atoms with van der Waals surface area (Å²) in [5.41, 5.74) is 0. The van der Waals surface area contributed by atoms with E-state index in [1.807, 2.05) is 12.2 Å². The molecule has 0 saturated carbocycles. The minimum absolute atomic E-state index is 0.0497. The zero-order valence-electron chi connectivity index (χ0n) is 4.66. The molecule has 0 heterocycles. The topological polar surface area (TPSA) is 20.2 Å². The molecule has 0 aromatic carbocycles. The van der Waals surface area contributed by atoms with Gasteiger partial charge in [0.2, 0.25) is 0 Å². The molecule has 2 atom stereocenters. The number of rotatable bonds is 0. The number of aliphatic hydroxyl groups excluding tert-OH is 1. The van der Waals surface area contributed by atoms with Gasteiger partial charge in [0.15, 0.2) is 0 Å². The molecule has 3 heteroatoms. The summed E-state index contributed by atoms with van der Waals surface area (Å²) in [5.74, 6) is 0. The maximum absolute atomic E-state index is 9.11. The van der Waals surface area contributed by atoms with Crippen molar-refractivity contribution in [3.8, 4) is 0 Å². The molecule has 1 aliphatic carbocycles. The lowest BCUT2D eigenvalue weighted by molar-refractivity contribution is 0.231. The first-order chi connectivity index (χ1) is 4.20. The minimum Gasteiger partial charge on any atom is -0.388 e. The fraction of sp³-hybridized carbons (Fsp3) is 0.333. The van der Waals surface area contributed by atoms with E-state index in [-0.39, 0.29) is 5.25 Å². The predicted octanol–water partition coefficient (Wildman–Crippen LogP) is 1.49. The summed E-state index contributed by atoms with van der Waals surface area (Å²) in [5, 5.41) is 9.06. The Hall–Kier alpha value is 0.270. The highest BCUT2D eigenvalue weighted by Gasteiger charge is 2.12. The third kappa shape index (κ3) is 1.85. The third-order valence-corrected chi connectivity index (χ3v) is 2.14. The molecule has 50 valence electrons. The minimum atomic E-state index is -0.451. The van der Waals surface area contributed by atoms with Crippen molar-refractivity contribution in [1.82, 2.24) is 0 Å². The number of hydrogen-bond donors (Lipinski definition) is 2. The van der Waals surface area contributed by atoms with Gasteiger partial charge in [-0.05, 0) is 6.08 Å². The molecular formula is C6H7BrOS. The summed E-state index contributed by atoms with van der Waals surface area (Å²) in [6.45, 7) is 0. The summed E-state index contributed by atoms with van der Waals surface area (Å²) < 4.78 is 0.917. The van der Waals surface area contributed by atoms with Crippen molar-refractivity contribution in [3.63, 3.8) is 0 Å². The van der Waals surface area contributed by atoms with Crippen LogP contribution in [0.2, 0.25) is 0 Å². The van der Waals surface area contributed by atoms with Gasteiger partial charge < -0.3 is 5.11 Å². The Morgan fingerprint density at radius 3 is 2.78 bits per heavy atom. The summed E-state index contributed by atoms with van der Waals surface area (Å²) in [7, 11) is 0. The van der Waals surface area contributed by atoms with Crippen molar-refractivity contribution in [3.05, 3.63) is 22.7 Å². The molecule has 2 unspecified atom stereocenters. The lowest BCUT2D eigenvalue weighted by Crippen LogP contribution is -2.18. The molecule has 0 radical (unpaired) electrons. The Bertz CT molecular complexity index is 164. The van der Waals surface area contributed by atoms with E-state index in [4.69, 9.17) is 5.11 Å². The zero-order chi connectivity index (χ0) is 6.85. The van der Waals surface area contributed by atoms with Gasteiger partial charge in [-0.25, -0.2) is 0 Å². The monoisotopic (exact) mass is 206 g/mol. The van der Waals surface area contributed by atoms with Crippen molar-refractivity contribution in [2.45, 2.75) is 11.4 Å². The average Bonchev–Trinajstić information content (AvgIpc) is 1.80. The standard InChI is InChI=1S/C6H7BrOS/c7-4-1-2-6(9)5(8)3-4/h1-3,5-6,8-9H. The van der Waals surface area contributed by atoms with Gasteiger partial charge in [-0.2, -0.15) is 12.6 Å². The fourth-order valence-electron chi connectivity index (χ4n) is 0.622. The summed E-state index contributed by atoms with van der Waals surface area (Å²) in [6, 6.07) is 0. The van der Waals surface area contributed by atoms with Gasteiger partial charge in [-0.1, -0.05) is 28.1 Å². The van der Waals surface area contributed by atoms with E-state index in [0.717, 1.165) is 4.48 Å². The van der Waals surface area contributed by atoms with Crippen LogP contribution in [0.25, 0.3) is 0 Å². The van der Waals surface area contributed by atoms with Gasteiger partial charge in [0.05, 0.1) is 6.10 Å². The molecule has 0 spiro atoms. The van der Waals surface area contributed by atoms with Crippen LogP contribution < -0.4 is 0 Å². The first-order valence-electron chi connectivity index (χ1n) is 2.62. The van der Waals surface area contributed by atoms with Crippen LogP contribution in [0.15, 0.2) is 22.7 Å². The summed E-state index contributed by atoms with van der Waals surface area (Å²) in [4.78, 5) is 0. The molecule has 9 heavy (non-hydrogen) atoms. The first-order valence-corrected chi connectivity index (χ1v) is 3.93. The van der Waals surface area contributed by atoms with Gasteiger partial charge >= 0.3 is 0 Å². The number of allylic oxidation sites excluding steroid dienone is 2. The molecule has 0 bridgehead atoms. The highest BCUT2D eigenvalue weighted by Crippen LogP contribution is 2.18. The Labute approximate surface area is 68.0 Å². The number of thiol groups is 1. The van der Waals surface area contributed by atoms with Gasteiger partial charge in [-0.15, -0.1) is 0 Å². The van der Waals surface area contributed by atoms with Crippen molar-refractivity contribution in [1.29, 1.82) is 0 Å². The average molecular weight is 207 g/mol. The molecule has 1 rings (SSSR count). The molecule has 0 aromatic rings. The normalized spacial score (nSPS) is 34.3. The highest BCUT2D eigenvalue weighted by molar-refractivity contribution is 9.11. The number of halogens is 1. The van der Waals surface area contributed by atoms with Gasteiger partial charge in [0.25, 0.3) is 0 Å². The molecular weight excluding hydrogens is 200 g/mol. The second-order valence-corrected chi connectivity index (χ2v) is 3.40. The van der Waals surface area contributed by atoms with Crippen molar-refractivity contribution in [2.24, 2.45) is 0 Å². The van der Waals surface area contributed by atoms with Crippen molar-refractivity contribution in [2.75, 3.05) is 0 Å². The van der Waals surface area contributed by atoms with Crippen LogP contribution in [0.1, 0.15) is 0 Å². The summed E-state index contributed by atoms with van der Waals surface area (Å²) in [6.07, 6.45) is 4.99. The van der Waals surface area contributed by atoms with E-state index >= 15 is 0 Å². The predicted molar refractivity (Wildman–Crippen MR) is 44.9 cm³/mol. The lowest BCUT2D eigenvalue weighted by atomic mass is 10.1. The first kappa shape index (κ1) is 7.38. The van der Waals surface area contributed by atoms with Crippen LogP contribution in [-0.4, -0.2) is 16.5 Å². The Kier molecular flexibility index (Phi) is 2.38. The van der Waals surface area contributed by atoms with Crippen LogP contribution in [0.3, 0.4) is 0 Å². The fourth-order valence-corrected chi connectivity index (χ4v) is 1.22. The Morgan fingerprint density at radius 1 is 1.67 bits per heavy atom. The van der Waals surface area contributed by atoms with E-state index in [2.05, 4.69) is 28.6 Å². The Balaban J connectivity index is 2.70. The number of aliphatic hydroxyl groups is 1. The lowest BCUT2D eigenvalue weighted by Gasteiger charge is -2.14. The van der Waals surface area contributed by atoms with Crippen LogP contribution >= 0.6 is 28.6 Å². The van der Waals surface area contributed by atoms with Crippen molar-refractivity contribution >= 4 is 28.6 Å². The Morgan fingerprint density at radius 2 is 2.33 bits per heavy atom. The third-order valence-electron chi connectivity index (χ3n) is 1.13. The van der Waals surface area contributed by atoms with E-state index in [1.165, 1.54) is 0 Å². The number of hydrogen-bond acceptors (Lipinski definition) is 2. The SMILES string of the molecule is OC1C=C(Br)C=CC1S. The van der Waals surface area contributed by atoms with Gasteiger partial charge in [0.1, 0.15) is 0 Å². The molecule has 0 saturated heterocycles. The van der Waals surface area contributed by atoms with Crippen LogP contribution in [0, 0.1) is 0 Å². The van der Waals surface area contributed by atoms with Gasteiger partial charge in [-0.3, -0.25) is 0 Å². The second-order valence-electron chi connectivity index (χ2n) is 1.89. The molecule has 0 amide bonds. The largest absolute Gasteiger partial charge is 0.388 e. The molecule has 1 N–H and O–H groups in total. The van der Waals surface area contributed by atoms with Crippen molar-refractivity contribution < 1.29 is 5.11 Å². The van der Waals surface area contributed by atoms with E-state index in [1.54, 1.807) is 6.08 Å². The molecule has 0 fully saturated rings.